The number of amides is 5. The van der Waals surface area contributed by atoms with Crippen LogP contribution in [0.5, 0.6) is 0 Å². The van der Waals surface area contributed by atoms with E-state index in [1.54, 1.807) is 12.1 Å². The summed E-state index contributed by atoms with van der Waals surface area (Å²) < 4.78 is 0. The van der Waals surface area contributed by atoms with Gasteiger partial charge < -0.3 is 10.2 Å². The summed E-state index contributed by atoms with van der Waals surface area (Å²) in [5.41, 5.74) is 1.38. The van der Waals surface area contributed by atoms with Gasteiger partial charge in [0.25, 0.3) is 11.8 Å². The van der Waals surface area contributed by atoms with Crippen LogP contribution in [0.2, 0.25) is 0 Å². The molecule has 4 heterocycles. The van der Waals surface area contributed by atoms with Crippen molar-refractivity contribution in [2.45, 2.75) is 44.3 Å². The molecular weight excluding hydrogens is 426 g/mol. The maximum Gasteiger partial charge on any atom is 0.262 e. The Labute approximate surface area is 191 Å². The molecule has 0 radical (unpaired) electrons. The van der Waals surface area contributed by atoms with E-state index in [-0.39, 0.29) is 24.8 Å². The molecule has 2 unspecified atom stereocenters. The number of piperazine rings is 1. The molecule has 1 aromatic rings. The molecule has 3 saturated heterocycles. The minimum Gasteiger partial charge on any atom is -0.336 e. The zero-order chi connectivity index (χ0) is 23.1. The lowest BCUT2D eigenvalue weighted by Gasteiger charge is -2.41. The van der Waals surface area contributed by atoms with Gasteiger partial charge in [-0.3, -0.25) is 39.1 Å². The fourth-order valence-corrected chi connectivity index (χ4v) is 5.39. The Balaban J connectivity index is 1.34. The van der Waals surface area contributed by atoms with E-state index in [9.17, 15) is 24.0 Å². The van der Waals surface area contributed by atoms with E-state index in [0.29, 0.717) is 37.3 Å². The van der Waals surface area contributed by atoms with Gasteiger partial charge in [-0.05, 0) is 37.4 Å². The monoisotopic (exact) mass is 453 g/mol. The maximum atomic E-state index is 13.3. The first-order valence-corrected chi connectivity index (χ1v) is 11.5. The van der Waals surface area contributed by atoms with Crippen LogP contribution in [0.1, 0.15) is 52.0 Å². The van der Waals surface area contributed by atoms with Crippen LogP contribution in [0.15, 0.2) is 18.2 Å². The predicted octanol–water partition coefficient (Wildman–Crippen LogP) is -0.516. The number of piperidine rings is 2. The lowest BCUT2D eigenvalue weighted by Crippen LogP contribution is -2.56. The van der Waals surface area contributed by atoms with Crippen LogP contribution in [0.4, 0.5) is 0 Å². The van der Waals surface area contributed by atoms with Gasteiger partial charge in [0.15, 0.2) is 0 Å². The van der Waals surface area contributed by atoms with Crippen molar-refractivity contribution in [3.8, 4) is 0 Å². The Morgan fingerprint density at radius 2 is 1.85 bits per heavy atom. The molecule has 4 aliphatic rings. The molecule has 0 saturated carbocycles. The van der Waals surface area contributed by atoms with E-state index in [2.05, 4.69) is 15.5 Å². The summed E-state index contributed by atoms with van der Waals surface area (Å²) in [5, 5.41) is 5.33. The third kappa shape index (κ3) is 3.93. The molecule has 0 aliphatic carbocycles. The van der Waals surface area contributed by atoms with E-state index < -0.39 is 29.7 Å². The average Bonchev–Trinajstić information content (AvgIpc) is 3.05. The van der Waals surface area contributed by atoms with Crippen LogP contribution in [0.3, 0.4) is 0 Å². The first-order valence-electron chi connectivity index (χ1n) is 11.5. The average molecular weight is 453 g/mol. The smallest absolute Gasteiger partial charge is 0.262 e. The zero-order valence-corrected chi connectivity index (χ0v) is 18.3. The number of hydrogen-bond donors (Lipinski definition) is 2. The van der Waals surface area contributed by atoms with Gasteiger partial charge in [0.2, 0.25) is 17.7 Å². The van der Waals surface area contributed by atoms with Gasteiger partial charge in [-0.15, -0.1) is 0 Å². The molecule has 2 N–H and O–H groups in total. The topological polar surface area (TPSA) is 119 Å². The van der Waals surface area contributed by atoms with Crippen LogP contribution in [0.25, 0.3) is 0 Å². The number of likely N-dealkylation sites (tertiary alicyclic amines) is 1. The molecule has 174 valence electrons. The lowest BCUT2D eigenvalue weighted by molar-refractivity contribution is -0.137. The predicted molar refractivity (Wildman–Crippen MR) is 116 cm³/mol. The summed E-state index contributed by atoms with van der Waals surface area (Å²) in [4.78, 5) is 67.7. The Hall–Kier alpha value is -3.11. The molecule has 1 aromatic carbocycles. The summed E-state index contributed by atoms with van der Waals surface area (Å²) in [5.74, 6) is -1.85. The van der Waals surface area contributed by atoms with Crippen molar-refractivity contribution in [2.75, 3.05) is 32.7 Å². The van der Waals surface area contributed by atoms with Crippen molar-refractivity contribution in [1.82, 2.24) is 25.3 Å². The van der Waals surface area contributed by atoms with Crippen LogP contribution >= 0.6 is 0 Å². The molecule has 0 spiro atoms. The molecule has 5 rings (SSSR count). The number of benzene rings is 1. The fraction of sp³-hybridized carbons (Fsp3) is 0.522. The van der Waals surface area contributed by atoms with Crippen LogP contribution in [0, 0.1) is 0 Å². The third-order valence-electron chi connectivity index (χ3n) is 7.00. The van der Waals surface area contributed by atoms with Crippen molar-refractivity contribution in [3.05, 3.63) is 34.9 Å². The number of carbonyl (C=O) groups is 5. The first kappa shape index (κ1) is 21.7. The maximum absolute atomic E-state index is 13.3. The molecule has 10 heteroatoms. The SMILES string of the molecule is O=C1CCC(N2C(=O)c3cccc(CN4CCCC(N5CCNCC5=O)C4)c3C2=O)C(=O)N1. The van der Waals surface area contributed by atoms with Gasteiger partial charge in [-0.25, -0.2) is 0 Å². The summed E-state index contributed by atoms with van der Waals surface area (Å²) in [6, 6.07) is 4.39. The Morgan fingerprint density at radius 3 is 2.64 bits per heavy atom. The van der Waals surface area contributed by atoms with Crippen LogP contribution < -0.4 is 10.6 Å². The second kappa shape index (κ2) is 8.68. The van der Waals surface area contributed by atoms with Gasteiger partial charge in [-0.1, -0.05) is 12.1 Å². The molecule has 4 aliphatic heterocycles. The number of nitrogens with one attached hydrogen (secondary N) is 2. The highest BCUT2D eigenvalue weighted by Crippen LogP contribution is 2.31. The second-order valence-corrected chi connectivity index (χ2v) is 9.08. The Kier molecular flexibility index (Phi) is 5.71. The normalized spacial score (nSPS) is 26.6. The minimum absolute atomic E-state index is 0.0938. The van der Waals surface area contributed by atoms with Crippen molar-refractivity contribution in [1.29, 1.82) is 0 Å². The van der Waals surface area contributed by atoms with Crippen LogP contribution in [-0.4, -0.2) is 89.0 Å². The van der Waals surface area contributed by atoms with Gasteiger partial charge in [-0.2, -0.15) is 0 Å². The summed E-state index contributed by atoms with van der Waals surface area (Å²) in [7, 11) is 0. The lowest BCUT2D eigenvalue weighted by atomic mass is 9.99. The van der Waals surface area contributed by atoms with E-state index >= 15 is 0 Å². The second-order valence-electron chi connectivity index (χ2n) is 9.08. The van der Waals surface area contributed by atoms with Gasteiger partial charge >= 0.3 is 0 Å². The summed E-state index contributed by atoms with van der Waals surface area (Å²) in [6.07, 6.45) is 2.14. The highest BCUT2D eigenvalue weighted by atomic mass is 16.2. The highest BCUT2D eigenvalue weighted by molar-refractivity contribution is 6.24. The zero-order valence-electron chi connectivity index (χ0n) is 18.3. The van der Waals surface area contributed by atoms with Crippen molar-refractivity contribution in [2.24, 2.45) is 0 Å². The quantitative estimate of drug-likeness (QED) is 0.589. The highest BCUT2D eigenvalue weighted by Gasteiger charge is 2.45. The molecule has 5 amide bonds. The third-order valence-corrected chi connectivity index (χ3v) is 7.00. The molecule has 0 bridgehead atoms. The molecule has 3 fully saturated rings. The van der Waals surface area contributed by atoms with Crippen molar-refractivity contribution >= 4 is 29.5 Å². The Morgan fingerprint density at radius 1 is 1.00 bits per heavy atom. The van der Waals surface area contributed by atoms with Gasteiger partial charge in [0.05, 0.1) is 17.7 Å². The summed E-state index contributed by atoms with van der Waals surface area (Å²) >= 11 is 0. The molecule has 2 atom stereocenters. The molecule has 0 aromatic heterocycles. The van der Waals surface area contributed by atoms with E-state index in [0.717, 1.165) is 36.4 Å². The number of carbonyl (C=O) groups excluding carboxylic acids is 5. The number of imide groups is 2. The number of hydrogen-bond acceptors (Lipinski definition) is 7. The Bertz CT molecular complexity index is 1040. The van der Waals surface area contributed by atoms with Crippen LogP contribution in [-0.2, 0) is 20.9 Å². The van der Waals surface area contributed by atoms with E-state index in [1.807, 2.05) is 11.0 Å². The van der Waals surface area contributed by atoms with E-state index in [1.165, 1.54) is 0 Å². The minimum atomic E-state index is -0.971. The van der Waals surface area contributed by atoms with Crippen molar-refractivity contribution in [3.63, 3.8) is 0 Å². The molecule has 33 heavy (non-hydrogen) atoms. The van der Waals surface area contributed by atoms with E-state index in [4.69, 9.17) is 0 Å². The van der Waals surface area contributed by atoms with Gasteiger partial charge in [0, 0.05) is 38.6 Å². The number of fused-ring (bicyclic) bond motifs is 1. The largest absolute Gasteiger partial charge is 0.336 e. The molecular formula is C23H27N5O5. The fourth-order valence-electron chi connectivity index (χ4n) is 5.39. The first-order chi connectivity index (χ1) is 15.9. The standard InChI is InChI=1S/C23H27N5O5/c29-18-7-6-17(21(31)25-18)28-22(32)16-5-1-3-14(20(16)23(28)33)12-26-9-2-4-15(13-26)27-10-8-24-11-19(27)30/h1,3,5,15,17,24H,2,4,6-13H2,(H,25,29,31). The number of nitrogens with zero attached hydrogens (tertiary/aromatic N) is 3. The summed E-state index contributed by atoms with van der Waals surface area (Å²) in [6.45, 7) is 3.92. The molecule has 10 nitrogen and oxygen atoms in total. The number of rotatable bonds is 4. The van der Waals surface area contributed by atoms with Crippen molar-refractivity contribution < 1.29 is 24.0 Å². The van der Waals surface area contributed by atoms with Gasteiger partial charge in [0.1, 0.15) is 6.04 Å².